The van der Waals surface area contributed by atoms with Crippen LogP contribution in [0.4, 0.5) is 5.82 Å². The molecule has 0 bridgehead atoms. The summed E-state index contributed by atoms with van der Waals surface area (Å²) in [5.74, 6) is -0.311. The van der Waals surface area contributed by atoms with E-state index >= 15 is 0 Å². The van der Waals surface area contributed by atoms with Crippen LogP contribution in [0, 0.1) is 0 Å². The predicted octanol–water partition coefficient (Wildman–Crippen LogP) is 3.69. The first-order chi connectivity index (χ1) is 11.2. The molecule has 2 aromatic rings. The van der Waals surface area contributed by atoms with Gasteiger partial charge in [0.1, 0.15) is 5.82 Å². The number of pyridine rings is 1. The number of fused-ring (bicyclic) bond motifs is 2. The molecule has 0 spiro atoms. The lowest BCUT2D eigenvalue weighted by Gasteiger charge is -2.32. The van der Waals surface area contributed by atoms with Crippen LogP contribution in [0.5, 0.6) is 0 Å². The van der Waals surface area contributed by atoms with Gasteiger partial charge >= 0.3 is 5.97 Å². The summed E-state index contributed by atoms with van der Waals surface area (Å²) in [7, 11) is 0. The molecule has 4 heteroatoms. The fraction of sp³-hybridized carbons (Fsp3) is 0.0526. The normalized spacial score (nSPS) is 18.9. The van der Waals surface area contributed by atoms with Crippen LogP contribution >= 0.6 is 0 Å². The molecule has 1 aromatic carbocycles. The highest BCUT2D eigenvalue weighted by atomic mass is 16.4. The van der Waals surface area contributed by atoms with E-state index in [1.165, 1.54) is 0 Å². The van der Waals surface area contributed by atoms with Crippen LogP contribution in [-0.4, -0.2) is 22.1 Å². The average molecular weight is 302 g/mol. The number of carbonyl (C=O) groups is 1. The Kier molecular flexibility index (Phi) is 3.08. The molecule has 1 atom stereocenters. The van der Waals surface area contributed by atoms with E-state index in [0.717, 1.165) is 5.57 Å². The molecule has 1 unspecified atom stereocenters. The molecule has 1 aliphatic heterocycles. The van der Waals surface area contributed by atoms with Gasteiger partial charge in [-0.1, -0.05) is 48.6 Å². The zero-order valence-electron chi connectivity index (χ0n) is 12.3. The van der Waals surface area contributed by atoms with Crippen LogP contribution in [0.3, 0.4) is 0 Å². The van der Waals surface area contributed by atoms with Gasteiger partial charge in [-0.15, -0.1) is 0 Å². The number of carboxylic acids is 1. The third-order valence-electron chi connectivity index (χ3n) is 4.07. The maximum Gasteiger partial charge on any atom is 0.336 e. The Hall–Kier alpha value is -3.14. The van der Waals surface area contributed by atoms with E-state index < -0.39 is 5.97 Å². The summed E-state index contributed by atoms with van der Waals surface area (Å²) in [5.41, 5.74) is 2.11. The summed E-state index contributed by atoms with van der Waals surface area (Å²) < 4.78 is 0. The van der Waals surface area contributed by atoms with Crippen LogP contribution in [0.2, 0.25) is 0 Å². The number of hydrogen-bond acceptors (Lipinski definition) is 3. The van der Waals surface area contributed by atoms with Crippen molar-refractivity contribution in [2.75, 3.05) is 4.90 Å². The Bertz CT molecular complexity index is 922. The Labute approximate surface area is 133 Å². The van der Waals surface area contributed by atoms with Gasteiger partial charge in [-0.25, -0.2) is 9.78 Å². The first-order valence-corrected chi connectivity index (χ1v) is 7.39. The van der Waals surface area contributed by atoms with Crippen LogP contribution in [0.15, 0.2) is 78.6 Å². The molecule has 0 saturated carbocycles. The van der Waals surface area contributed by atoms with E-state index in [2.05, 4.69) is 23.2 Å². The van der Waals surface area contributed by atoms with Gasteiger partial charge < -0.3 is 10.0 Å². The molecule has 112 valence electrons. The quantitative estimate of drug-likeness (QED) is 0.919. The molecule has 2 aliphatic rings. The molecule has 0 saturated heterocycles. The monoisotopic (exact) mass is 302 g/mol. The number of anilines is 1. The molecule has 1 aliphatic carbocycles. The molecule has 0 amide bonds. The molecule has 23 heavy (non-hydrogen) atoms. The minimum atomic E-state index is -0.944. The van der Waals surface area contributed by atoms with Gasteiger partial charge in [0.05, 0.1) is 17.1 Å². The van der Waals surface area contributed by atoms with Crippen molar-refractivity contribution >= 4 is 22.7 Å². The summed E-state index contributed by atoms with van der Waals surface area (Å²) in [6.07, 6.45) is 14.1. The number of nitrogens with zero attached hydrogens (tertiary/aromatic N) is 2. The van der Waals surface area contributed by atoms with E-state index in [1.807, 2.05) is 47.5 Å². The number of para-hydroxylation sites is 1. The fourth-order valence-corrected chi connectivity index (χ4v) is 2.98. The SMILES string of the molecule is O=C(O)c1cc(N2C=CC=C3C=CC=CC32)nc2ccccc12. The number of aromatic nitrogens is 1. The van der Waals surface area contributed by atoms with Gasteiger partial charge in [0.2, 0.25) is 0 Å². The number of allylic oxidation sites excluding steroid dienone is 4. The zero-order valence-corrected chi connectivity index (χ0v) is 12.3. The summed E-state index contributed by atoms with van der Waals surface area (Å²) in [6, 6.07) is 9.00. The summed E-state index contributed by atoms with van der Waals surface area (Å²) in [4.78, 5) is 18.3. The van der Waals surface area contributed by atoms with Crippen molar-refractivity contribution in [1.29, 1.82) is 0 Å². The summed E-state index contributed by atoms with van der Waals surface area (Å²) >= 11 is 0. The van der Waals surface area contributed by atoms with Gasteiger partial charge in [0.15, 0.2) is 0 Å². The molecule has 1 aromatic heterocycles. The Morgan fingerprint density at radius 2 is 2.04 bits per heavy atom. The van der Waals surface area contributed by atoms with Gasteiger partial charge in [-0.3, -0.25) is 0 Å². The number of hydrogen-bond donors (Lipinski definition) is 1. The van der Waals surface area contributed by atoms with E-state index in [9.17, 15) is 9.90 Å². The molecule has 4 nitrogen and oxygen atoms in total. The standard InChI is InChI=1S/C19H14N2O2/c22-19(23)15-12-18(20-16-9-3-2-8-14(15)16)21-11-5-7-13-6-1-4-10-17(13)21/h1-12,17H,(H,22,23). The lowest BCUT2D eigenvalue weighted by Crippen LogP contribution is -2.33. The van der Waals surface area contributed by atoms with Gasteiger partial charge in [-0.2, -0.15) is 0 Å². The first-order valence-electron chi connectivity index (χ1n) is 7.39. The second-order valence-corrected chi connectivity index (χ2v) is 5.45. The van der Waals surface area contributed by atoms with Crippen molar-refractivity contribution in [3.05, 3.63) is 84.1 Å². The van der Waals surface area contributed by atoms with Crippen molar-refractivity contribution in [2.24, 2.45) is 0 Å². The number of rotatable bonds is 2. The minimum absolute atomic E-state index is 0.0420. The maximum absolute atomic E-state index is 11.6. The van der Waals surface area contributed by atoms with Gasteiger partial charge in [0, 0.05) is 11.6 Å². The van der Waals surface area contributed by atoms with Crippen molar-refractivity contribution in [2.45, 2.75) is 6.04 Å². The topological polar surface area (TPSA) is 53.4 Å². The van der Waals surface area contributed by atoms with Crippen LogP contribution in [-0.2, 0) is 0 Å². The van der Waals surface area contributed by atoms with Crippen molar-refractivity contribution < 1.29 is 9.90 Å². The molecule has 4 rings (SSSR count). The fourth-order valence-electron chi connectivity index (χ4n) is 2.98. The number of aromatic carboxylic acids is 1. The average Bonchev–Trinajstić information content (AvgIpc) is 2.60. The van der Waals surface area contributed by atoms with Crippen molar-refractivity contribution in [1.82, 2.24) is 4.98 Å². The summed E-state index contributed by atoms with van der Waals surface area (Å²) in [6.45, 7) is 0. The van der Waals surface area contributed by atoms with Gasteiger partial charge in [-0.05, 0) is 23.8 Å². The smallest absolute Gasteiger partial charge is 0.336 e. The lowest BCUT2D eigenvalue weighted by atomic mass is 9.97. The van der Waals surface area contributed by atoms with Crippen molar-refractivity contribution in [3.63, 3.8) is 0 Å². The molecule has 0 radical (unpaired) electrons. The second kappa shape index (κ2) is 5.25. The predicted molar refractivity (Wildman–Crippen MR) is 90.5 cm³/mol. The third kappa shape index (κ3) is 2.25. The van der Waals surface area contributed by atoms with E-state index in [0.29, 0.717) is 16.7 Å². The lowest BCUT2D eigenvalue weighted by molar-refractivity contribution is 0.0699. The number of carboxylic acid groups (broad SMARTS) is 1. The summed E-state index contributed by atoms with van der Waals surface area (Å²) in [5, 5.41) is 10.2. The molecule has 1 N–H and O–H groups in total. The highest BCUT2D eigenvalue weighted by molar-refractivity contribution is 6.03. The van der Waals surface area contributed by atoms with E-state index in [4.69, 9.17) is 0 Å². The number of benzene rings is 1. The molecule has 2 heterocycles. The maximum atomic E-state index is 11.6. The zero-order chi connectivity index (χ0) is 15.8. The molecular weight excluding hydrogens is 288 g/mol. The first kappa shape index (κ1) is 13.5. The third-order valence-corrected chi connectivity index (χ3v) is 4.07. The van der Waals surface area contributed by atoms with Crippen LogP contribution < -0.4 is 4.90 Å². The van der Waals surface area contributed by atoms with E-state index in [1.54, 1.807) is 12.1 Å². The van der Waals surface area contributed by atoms with Crippen molar-refractivity contribution in [3.8, 4) is 0 Å². The molecular formula is C19H14N2O2. The Balaban J connectivity index is 1.88. The highest BCUT2D eigenvalue weighted by Gasteiger charge is 2.23. The van der Waals surface area contributed by atoms with E-state index in [-0.39, 0.29) is 11.6 Å². The highest BCUT2D eigenvalue weighted by Crippen LogP contribution is 2.30. The van der Waals surface area contributed by atoms with Crippen LogP contribution in [0.25, 0.3) is 10.9 Å². The van der Waals surface area contributed by atoms with Gasteiger partial charge in [0.25, 0.3) is 0 Å². The minimum Gasteiger partial charge on any atom is -0.478 e. The Morgan fingerprint density at radius 3 is 2.91 bits per heavy atom. The second-order valence-electron chi connectivity index (χ2n) is 5.45. The Morgan fingerprint density at radius 1 is 1.17 bits per heavy atom. The van der Waals surface area contributed by atoms with Crippen LogP contribution in [0.1, 0.15) is 10.4 Å². The largest absolute Gasteiger partial charge is 0.478 e. The molecule has 0 fully saturated rings.